The van der Waals surface area contributed by atoms with Crippen LogP contribution in [0, 0.1) is 0 Å². The minimum absolute atomic E-state index is 0.000578. The van der Waals surface area contributed by atoms with Crippen molar-refractivity contribution in [3.8, 4) is 0 Å². The smallest absolute Gasteiger partial charge is 0.345 e. The largest absolute Gasteiger partial charge is 0.394 e. The van der Waals surface area contributed by atoms with Gasteiger partial charge < -0.3 is 9.94 Å². The number of aliphatic hydroxyl groups is 1. The zero-order chi connectivity index (χ0) is 15.2. The van der Waals surface area contributed by atoms with Crippen molar-refractivity contribution >= 4 is 16.0 Å². The molecular formula is C12H18N2O5S. The summed E-state index contributed by atoms with van der Waals surface area (Å²) in [6, 6.07) is 4.85. The molecule has 4 N–H and O–H groups in total. The van der Waals surface area contributed by atoms with Gasteiger partial charge in [0.1, 0.15) is 6.04 Å². The van der Waals surface area contributed by atoms with E-state index in [0.29, 0.717) is 0 Å². The van der Waals surface area contributed by atoms with E-state index in [-0.39, 0.29) is 4.90 Å². The molecule has 0 aromatic heterocycles. The van der Waals surface area contributed by atoms with Gasteiger partial charge in [-0.15, -0.1) is 0 Å². The Kier molecular flexibility index (Phi) is 6.08. The molecule has 0 heterocycles. The average Bonchev–Trinajstić information content (AvgIpc) is 2.45. The Labute approximate surface area is 117 Å². The van der Waals surface area contributed by atoms with E-state index >= 15 is 0 Å². The molecule has 0 fully saturated rings. The first-order valence-electron chi connectivity index (χ1n) is 6.07. The maximum Gasteiger partial charge on any atom is 0.345 e. The van der Waals surface area contributed by atoms with Crippen LogP contribution in [0.1, 0.15) is 18.9 Å². The summed E-state index contributed by atoms with van der Waals surface area (Å²) in [7, 11) is -3.92. The summed E-state index contributed by atoms with van der Waals surface area (Å²) in [5.74, 6) is 3.61. The second-order valence-corrected chi connectivity index (χ2v) is 5.90. The summed E-state index contributed by atoms with van der Waals surface area (Å²) in [5, 5.41) is 8.97. The normalized spacial score (nSPS) is 12.9. The van der Waals surface area contributed by atoms with E-state index in [2.05, 4.69) is 10.7 Å². The van der Waals surface area contributed by atoms with Crippen molar-refractivity contribution < 1.29 is 23.2 Å². The number of aliphatic hydroxyl groups excluding tert-OH is 1. The molecule has 20 heavy (non-hydrogen) atoms. The Morgan fingerprint density at radius 3 is 2.45 bits per heavy atom. The molecule has 1 rings (SSSR count). The van der Waals surface area contributed by atoms with E-state index in [1.54, 1.807) is 12.1 Å². The number of carbonyl (C=O) groups excluding carboxylic acids is 1. The Morgan fingerprint density at radius 2 is 2.00 bits per heavy atom. The number of rotatable bonds is 7. The molecule has 1 aromatic rings. The van der Waals surface area contributed by atoms with Crippen LogP contribution in [-0.4, -0.2) is 32.1 Å². The highest BCUT2D eigenvalue weighted by Gasteiger charge is 2.26. The molecule has 0 saturated carbocycles. The van der Waals surface area contributed by atoms with Gasteiger partial charge in [-0.3, -0.25) is 0 Å². The van der Waals surface area contributed by atoms with Gasteiger partial charge in [0.25, 0.3) is 0 Å². The highest BCUT2D eigenvalue weighted by molar-refractivity contribution is 7.89. The summed E-state index contributed by atoms with van der Waals surface area (Å²) in [5.41, 5.74) is 1.02. The van der Waals surface area contributed by atoms with E-state index in [0.717, 1.165) is 18.4 Å². The molecule has 0 radical (unpaired) electrons. The van der Waals surface area contributed by atoms with Crippen molar-refractivity contribution in [2.75, 3.05) is 6.61 Å². The number of hydrogen-bond acceptors (Lipinski definition) is 6. The van der Waals surface area contributed by atoms with Crippen LogP contribution in [0.5, 0.6) is 0 Å². The molecule has 0 saturated heterocycles. The minimum Gasteiger partial charge on any atom is -0.394 e. The van der Waals surface area contributed by atoms with Gasteiger partial charge in [0.05, 0.1) is 11.5 Å². The van der Waals surface area contributed by atoms with Crippen LogP contribution in [0.3, 0.4) is 0 Å². The molecule has 1 unspecified atom stereocenters. The highest BCUT2D eigenvalue weighted by atomic mass is 32.2. The van der Waals surface area contributed by atoms with Gasteiger partial charge in [-0.05, 0) is 24.1 Å². The van der Waals surface area contributed by atoms with Crippen LogP contribution in [0.4, 0.5) is 0 Å². The molecule has 0 aliphatic rings. The Bertz CT molecular complexity index is 541. The van der Waals surface area contributed by atoms with Gasteiger partial charge in [-0.2, -0.15) is 10.6 Å². The quantitative estimate of drug-likeness (QED) is 0.595. The molecule has 0 bridgehead atoms. The SMILES string of the molecule is CCCc1ccc(S(=O)(=O)NC(CO)C(=O)ON)cc1. The zero-order valence-corrected chi connectivity index (χ0v) is 11.9. The fraction of sp³-hybridized carbons (Fsp3) is 0.417. The maximum atomic E-state index is 12.0. The number of aryl methyl sites for hydroxylation is 1. The molecule has 112 valence electrons. The van der Waals surface area contributed by atoms with Gasteiger partial charge >= 0.3 is 5.97 Å². The first-order chi connectivity index (χ1) is 9.44. The van der Waals surface area contributed by atoms with Crippen molar-refractivity contribution in [1.29, 1.82) is 0 Å². The fourth-order valence-corrected chi connectivity index (χ4v) is 2.80. The van der Waals surface area contributed by atoms with Crippen LogP contribution in [0.2, 0.25) is 0 Å². The topological polar surface area (TPSA) is 119 Å². The van der Waals surface area contributed by atoms with Gasteiger partial charge in [0.15, 0.2) is 0 Å². The zero-order valence-electron chi connectivity index (χ0n) is 11.1. The second kappa shape index (κ2) is 7.34. The summed E-state index contributed by atoms with van der Waals surface area (Å²) in [6.07, 6.45) is 1.81. The number of benzene rings is 1. The van der Waals surface area contributed by atoms with Gasteiger partial charge in [0.2, 0.25) is 10.0 Å². The van der Waals surface area contributed by atoms with E-state index in [1.165, 1.54) is 12.1 Å². The van der Waals surface area contributed by atoms with Crippen molar-refractivity contribution in [3.05, 3.63) is 29.8 Å². The molecule has 1 aromatic carbocycles. The molecule has 0 amide bonds. The van der Waals surface area contributed by atoms with E-state index in [4.69, 9.17) is 5.11 Å². The monoisotopic (exact) mass is 302 g/mol. The third kappa shape index (κ3) is 4.27. The lowest BCUT2D eigenvalue weighted by molar-refractivity contribution is -0.147. The lowest BCUT2D eigenvalue weighted by Crippen LogP contribution is -2.45. The van der Waals surface area contributed by atoms with Crippen LogP contribution < -0.4 is 10.6 Å². The average molecular weight is 302 g/mol. The lowest BCUT2D eigenvalue weighted by atomic mass is 10.1. The number of sulfonamides is 1. The van der Waals surface area contributed by atoms with Gasteiger partial charge in [0, 0.05) is 0 Å². The predicted octanol–water partition coefficient (Wildman–Crippen LogP) is -0.305. The molecule has 7 nitrogen and oxygen atoms in total. The third-order valence-electron chi connectivity index (χ3n) is 2.65. The van der Waals surface area contributed by atoms with Crippen LogP contribution in [0.25, 0.3) is 0 Å². The number of nitrogens with two attached hydrogens (primary N) is 1. The van der Waals surface area contributed by atoms with Gasteiger partial charge in [-0.1, -0.05) is 25.5 Å². The minimum atomic E-state index is -3.92. The van der Waals surface area contributed by atoms with Crippen molar-refractivity contribution in [1.82, 2.24) is 4.72 Å². The van der Waals surface area contributed by atoms with E-state index in [9.17, 15) is 13.2 Å². The molecular weight excluding hydrogens is 284 g/mol. The standard InChI is InChI=1S/C12H18N2O5S/c1-2-3-9-4-6-10(7-5-9)20(17,18)14-11(8-15)12(16)19-13/h4-7,11,14-15H,2-3,8,13H2,1H3. The fourth-order valence-electron chi connectivity index (χ4n) is 1.62. The van der Waals surface area contributed by atoms with Crippen molar-refractivity contribution in [3.63, 3.8) is 0 Å². The second-order valence-electron chi connectivity index (χ2n) is 4.19. The first-order valence-corrected chi connectivity index (χ1v) is 7.55. The molecule has 0 aliphatic carbocycles. The van der Waals surface area contributed by atoms with Crippen LogP contribution >= 0.6 is 0 Å². The highest BCUT2D eigenvalue weighted by Crippen LogP contribution is 2.12. The molecule has 0 spiro atoms. The third-order valence-corrected chi connectivity index (χ3v) is 4.14. The van der Waals surface area contributed by atoms with Crippen molar-refractivity contribution in [2.24, 2.45) is 5.90 Å². The van der Waals surface area contributed by atoms with Gasteiger partial charge in [-0.25, -0.2) is 13.2 Å². The van der Waals surface area contributed by atoms with Crippen LogP contribution in [-0.2, 0) is 26.1 Å². The molecule has 8 heteroatoms. The summed E-state index contributed by atoms with van der Waals surface area (Å²) < 4.78 is 26.1. The molecule has 0 aliphatic heterocycles. The maximum absolute atomic E-state index is 12.0. The number of carbonyl (C=O) groups is 1. The first kappa shape index (κ1) is 16.6. The Morgan fingerprint density at radius 1 is 1.40 bits per heavy atom. The molecule has 1 atom stereocenters. The van der Waals surface area contributed by atoms with Crippen LogP contribution in [0.15, 0.2) is 29.2 Å². The van der Waals surface area contributed by atoms with E-state index < -0.39 is 28.6 Å². The van der Waals surface area contributed by atoms with E-state index in [1.807, 2.05) is 11.6 Å². The summed E-state index contributed by atoms with van der Waals surface area (Å²) >= 11 is 0. The Hall–Kier alpha value is -1.48. The summed E-state index contributed by atoms with van der Waals surface area (Å²) in [4.78, 5) is 15.1. The lowest BCUT2D eigenvalue weighted by Gasteiger charge is -2.13. The predicted molar refractivity (Wildman–Crippen MR) is 71.9 cm³/mol. The number of hydrogen-bond donors (Lipinski definition) is 3. The number of nitrogens with one attached hydrogen (secondary N) is 1. The van der Waals surface area contributed by atoms with Crippen molar-refractivity contribution in [2.45, 2.75) is 30.7 Å². The Balaban J connectivity index is 2.90. The summed E-state index contributed by atoms with van der Waals surface area (Å²) in [6.45, 7) is 1.28.